The van der Waals surface area contributed by atoms with Crippen LogP contribution >= 0.6 is 23.4 Å². The van der Waals surface area contributed by atoms with Gasteiger partial charge in [-0.2, -0.15) is 5.26 Å². The minimum absolute atomic E-state index is 0.0656. The van der Waals surface area contributed by atoms with Crippen molar-refractivity contribution in [3.63, 3.8) is 0 Å². The number of rotatable bonds is 4. The van der Waals surface area contributed by atoms with Crippen LogP contribution in [0.3, 0.4) is 0 Å². The Labute approximate surface area is 89.0 Å². The summed E-state index contributed by atoms with van der Waals surface area (Å²) in [6, 6.07) is 2.13. The lowest BCUT2D eigenvalue weighted by atomic mass is 10.2. The van der Waals surface area contributed by atoms with Gasteiger partial charge in [0.15, 0.2) is 0 Å². The highest BCUT2D eigenvalue weighted by Gasteiger charge is 2.36. The fraction of sp³-hybridized carbons (Fsp3) is 0.889. The molecule has 1 saturated heterocycles. The lowest BCUT2D eigenvalue weighted by molar-refractivity contribution is 0.532. The van der Waals surface area contributed by atoms with E-state index in [9.17, 15) is 0 Å². The highest BCUT2D eigenvalue weighted by Crippen LogP contribution is 2.38. The maximum absolute atomic E-state index is 8.69. The Bertz CT molecular complexity index is 204. The van der Waals surface area contributed by atoms with E-state index in [2.05, 4.69) is 18.3 Å². The van der Waals surface area contributed by atoms with Gasteiger partial charge in [0.2, 0.25) is 0 Å². The predicted molar refractivity (Wildman–Crippen MR) is 57.7 cm³/mol. The number of nitrogens with zero attached hydrogens (tertiary/aromatic N) is 1. The molecule has 2 nitrogen and oxygen atoms in total. The van der Waals surface area contributed by atoms with Crippen LogP contribution in [0.5, 0.6) is 0 Å². The number of nitrogens with one attached hydrogen (secondary N) is 1. The van der Waals surface area contributed by atoms with Gasteiger partial charge in [-0.25, -0.2) is 0 Å². The number of alkyl halides is 1. The minimum Gasteiger partial charge on any atom is -0.274 e. The number of halogens is 1. The highest BCUT2D eigenvalue weighted by molar-refractivity contribution is 8.02. The van der Waals surface area contributed by atoms with Crippen LogP contribution in [-0.4, -0.2) is 16.1 Å². The normalized spacial score (nSPS) is 33.2. The average Bonchev–Trinajstić information content (AvgIpc) is 2.49. The molecule has 1 fully saturated rings. The second kappa shape index (κ2) is 5.09. The van der Waals surface area contributed by atoms with E-state index >= 15 is 0 Å². The molecule has 0 bridgehead atoms. The van der Waals surface area contributed by atoms with Crippen molar-refractivity contribution in [3.05, 3.63) is 0 Å². The summed E-state index contributed by atoms with van der Waals surface area (Å²) >= 11 is 7.94. The van der Waals surface area contributed by atoms with Gasteiger partial charge in [-0.05, 0) is 12.8 Å². The third kappa shape index (κ3) is 3.38. The Morgan fingerprint density at radius 2 is 2.46 bits per heavy atom. The summed E-state index contributed by atoms with van der Waals surface area (Å²) in [4.78, 5) is 0. The molecule has 0 aliphatic carbocycles. The molecule has 4 heteroatoms. The van der Waals surface area contributed by atoms with Gasteiger partial charge in [-0.1, -0.05) is 31.4 Å². The van der Waals surface area contributed by atoms with Crippen LogP contribution in [0.2, 0.25) is 0 Å². The molecule has 0 radical (unpaired) electrons. The van der Waals surface area contributed by atoms with Crippen LogP contribution in [0, 0.1) is 11.3 Å². The van der Waals surface area contributed by atoms with Crippen molar-refractivity contribution < 1.29 is 0 Å². The van der Waals surface area contributed by atoms with Gasteiger partial charge in [0.1, 0.15) is 10.4 Å². The molecule has 1 rings (SSSR count). The van der Waals surface area contributed by atoms with Crippen molar-refractivity contribution >= 4 is 23.4 Å². The van der Waals surface area contributed by atoms with Crippen LogP contribution < -0.4 is 5.32 Å². The van der Waals surface area contributed by atoms with Gasteiger partial charge >= 0.3 is 0 Å². The number of hydrogen-bond donors (Lipinski definition) is 1. The van der Waals surface area contributed by atoms with Crippen LogP contribution in [0.1, 0.15) is 32.6 Å². The van der Waals surface area contributed by atoms with E-state index in [1.165, 1.54) is 12.8 Å². The van der Waals surface area contributed by atoms with Gasteiger partial charge in [0, 0.05) is 5.75 Å². The summed E-state index contributed by atoms with van der Waals surface area (Å²) < 4.78 is -0.366. The minimum atomic E-state index is -0.366. The fourth-order valence-electron chi connectivity index (χ4n) is 1.38. The van der Waals surface area contributed by atoms with E-state index in [1.54, 1.807) is 11.8 Å². The van der Waals surface area contributed by atoms with Gasteiger partial charge in [0.25, 0.3) is 0 Å². The molecule has 0 amide bonds. The Morgan fingerprint density at radius 3 is 3.00 bits per heavy atom. The van der Waals surface area contributed by atoms with Crippen molar-refractivity contribution in [2.45, 2.75) is 43.0 Å². The van der Waals surface area contributed by atoms with E-state index in [4.69, 9.17) is 16.9 Å². The van der Waals surface area contributed by atoms with Gasteiger partial charge in [0.05, 0.1) is 6.07 Å². The highest BCUT2D eigenvalue weighted by atomic mass is 35.5. The molecule has 0 saturated carbocycles. The second-order valence-corrected chi connectivity index (χ2v) is 5.51. The number of hydrogen-bond acceptors (Lipinski definition) is 3. The van der Waals surface area contributed by atoms with Gasteiger partial charge in [-0.3, -0.25) is 5.32 Å². The third-order valence-electron chi connectivity index (χ3n) is 2.13. The summed E-state index contributed by atoms with van der Waals surface area (Å²) in [7, 11) is 0. The average molecular weight is 219 g/mol. The zero-order chi connectivity index (χ0) is 9.73. The van der Waals surface area contributed by atoms with Crippen LogP contribution in [0.25, 0.3) is 0 Å². The van der Waals surface area contributed by atoms with Gasteiger partial charge in [-0.15, -0.1) is 11.8 Å². The van der Waals surface area contributed by atoms with Crippen molar-refractivity contribution in [2.24, 2.45) is 0 Å². The lowest BCUT2D eigenvalue weighted by Crippen LogP contribution is -2.36. The van der Waals surface area contributed by atoms with Crippen molar-refractivity contribution in [2.75, 3.05) is 5.75 Å². The molecule has 2 unspecified atom stereocenters. The fourth-order valence-corrected chi connectivity index (χ4v) is 2.93. The first-order chi connectivity index (χ1) is 6.20. The SMILES string of the molecule is CCCCCC1(Cl)NC(C#N)CS1. The molecule has 0 aromatic carbocycles. The van der Waals surface area contributed by atoms with E-state index in [0.717, 1.165) is 18.6 Å². The maximum atomic E-state index is 8.69. The molecule has 2 atom stereocenters. The molecule has 1 aliphatic heterocycles. The molecule has 0 aromatic heterocycles. The quantitative estimate of drug-likeness (QED) is 0.448. The standard InChI is InChI=1S/C9H15ClN2S/c1-2-3-4-5-9(10)12-8(6-11)7-13-9/h8,12H,2-5,7H2,1H3. The topological polar surface area (TPSA) is 35.8 Å². The summed E-state index contributed by atoms with van der Waals surface area (Å²) in [5, 5.41) is 11.8. The Hall–Kier alpha value is 0.0900. The second-order valence-electron chi connectivity index (χ2n) is 3.32. The van der Waals surface area contributed by atoms with E-state index in [0.29, 0.717) is 0 Å². The maximum Gasteiger partial charge on any atom is 0.141 e. The summed E-state index contributed by atoms with van der Waals surface area (Å²) in [6.45, 7) is 2.17. The monoisotopic (exact) mass is 218 g/mol. The molecule has 1 N–H and O–H groups in total. The Kier molecular flexibility index (Phi) is 4.37. The van der Waals surface area contributed by atoms with Crippen LogP contribution in [-0.2, 0) is 0 Å². The largest absolute Gasteiger partial charge is 0.274 e. The predicted octanol–water partition coefficient (Wildman–Crippen LogP) is 2.69. The van der Waals surface area contributed by atoms with Crippen LogP contribution in [0.4, 0.5) is 0 Å². The summed E-state index contributed by atoms with van der Waals surface area (Å²) in [6.07, 6.45) is 4.51. The van der Waals surface area contributed by atoms with Crippen LogP contribution in [0.15, 0.2) is 0 Å². The van der Waals surface area contributed by atoms with E-state index in [-0.39, 0.29) is 10.4 Å². The molecule has 74 valence electrons. The molecule has 1 heterocycles. The molecular formula is C9H15ClN2S. The van der Waals surface area contributed by atoms with Crippen molar-refractivity contribution in [1.82, 2.24) is 5.32 Å². The van der Waals surface area contributed by atoms with E-state index < -0.39 is 0 Å². The molecule has 0 spiro atoms. The smallest absolute Gasteiger partial charge is 0.141 e. The zero-order valence-corrected chi connectivity index (χ0v) is 9.42. The third-order valence-corrected chi connectivity index (χ3v) is 4.03. The first-order valence-electron chi connectivity index (χ1n) is 4.70. The van der Waals surface area contributed by atoms with Gasteiger partial charge < -0.3 is 0 Å². The summed E-state index contributed by atoms with van der Waals surface area (Å²) in [5.74, 6) is 0.812. The number of unbranched alkanes of at least 4 members (excludes halogenated alkanes) is 2. The molecule has 0 aromatic rings. The van der Waals surface area contributed by atoms with Crippen molar-refractivity contribution in [3.8, 4) is 6.07 Å². The zero-order valence-electron chi connectivity index (χ0n) is 7.85. The first kappa shape index (κ1) is 11.2. The molecule has 13 heavy (non-hydrogen) atoms. The molecular weight excluding hydrogens is 204 g/mol. The lowest BCUT2D eigenvalue weighted by Gasteiger charge is -2.20. The molecule has 1 aliphatic rings. The van der Waals surface area contributed by atoms with E-state index in [1.807, 2.05) is 0 Å². The number of nitriles is 1. The Morgan fingerprint density at radius 1 is 1.69 bits per heavy atom. The number of thioether (sulfide) groups is 1. The Balaban J connectivity index is 2.28. The first-order valence-corrected chi connectivity index (χ1v) is 6.07. The summed E-state index contributed by atoms with van der Waals surface area (Å²) in [5.41, 5.74) is 0. The van der Waals surface area contributed by atoms with Crippen molar-refractivity contribution in [1.29, 1.82) is 5.26 Å².